The zero-order chi connectivity index (χ0) is 9.84. The summed E-state index contributed by atoms with van der Waals surface area (Å²) in [5, 5.41) is 18.4. The lowest BCUT2D eigenvalue weighted by Gasteiger charge is -2.07. The van der Waals surface area contributed by atoms with E-state index in [0.29, 0.717) is 10.6 Å². The Morgan fingerprint density at radius 3 is 2.85 bits per heavy atom. The fourth-order valence-corrected chi connectivity index (χ4v) is 1.44. The Balaban J connectivity index is 2.91. The van der Waals surface area contributed by atoms with E-state index in [9.17, 15) is 5.11 Å². The summed E-state index contributed by atoms with van der Waals surface area (Å²) in [5.74, 6) is 0. The Morgan fingerprint density at radius 2 is 2.31 bits per heavy atom. The van der Waals surface area contributed by atoms with Gasteiger partial charge in [-0.1, -0.05) is 17.7 Å². The first kappa shape index (κ1) is 10.5. The minimum absolute atomic E-state index is 0.0913. The van der Waals surface area contributed by atoms with Crippen molar-refractivity contribution in [3.63, 3.8) is 0 Å². The molecule has 0 bridgehead atoms. The van der Waals surface area contributed by atoms with Gasteiger partial charge in [0.15, 0.2) is 0 Å². The molecular formula is C9H7BrClNO. The highest BCUT2D eigenvalue weighted by Crippen LogP contribution is 2.26. The van der Waals surface area contributed by atoms with Gasteiger partial charge in [0.1, 0.15) is 0 Å². The van der Waals surface area contributed by atoms with Crippen LogP contribution in [0.3, 0.4) is 0 Å². The lowest BCUT2D eigenvalue weighted by atomic mass is 10.1. The molecule has 1 N–H and O–H groups in total. The summed E-state index contributed by atoms with van der Waals surface area (Å²) in [4.78, 5) is 0. The maximum atomic E-state index is 9.45. The fraction of sp³-hybridized carbons (Fsp3) is 0.222. The lowest BCUT2D eigenvalue weighted by Crippen LogP contribution is -1.95. The predicted octanol–water partition coefficient (Wildman–Crippen LogP) is 3.05. The van der Waals surface area contributed by atoms with Crippen LogP contribution in [-0.2, 0) is 0 Å². The largest absolute Gasteiger partial charge is 0.387 e. The molecule has 0 aliphatic rings. The summed E-state index contributed by atoms with van der Waals surface area (Å²) in [6.45, 7) is 0. The molecule has 0 amide bonds. The van der Waals surface area contributed by atoms with Crippen LogP contribution in [0.5, 0.6) is 0 Å². The molecule has 1 unspecified atom stereocenters. The van der Waals surface area contributed by atoms with Gasteiger partial charge in [0, 0.05) is 4.47 Å². The third kappa shape index (κ3) is 2.70. The molecule has 0 saturated carbocycles. The maximum absolute atomic E-state index is 9.45. The molecule has 0 radical (unpaired) electrons. The summed E-state index contributed by atoms with van der Waals surface area (Å²) in [5.41, 5.74) is 0.692. The number of hydrogen-bond donors (Lipinski definition) is 1. The number of halogens is 2. The minimum atomic E-state index is -0.737. The van der Waals surface area contributed by atoms with E-state index < -0.39 is 6.10 Å². The summed E-state index contributed by atoms with van der Waals surface area (Å²) in [6, 6.07) is 7.00. The van der Waals surface area contributed by atoms with Crippen molar-refractivity contribution < 1.29 is 5.11 Å². The second-order valence-corrected chi connectivity index (χ2v) is 3.81. The van der Waals surface area contributed by atoms with Gasteiger partial charge < -0.3 is 5.11 Å². The van der Waals surface area contributed by atoms with Gasteiger partial charge in [-0.25, -0.2) is 0 Å². The van der Waals surface area contributed by atoms with Crippen molar-refractivity contribution in [1.82, 2.24) is 0 Å². The molecule has 0 aliphatic carbocycles. The van der Waals surface area contributed by atoms with E-state index in [0.717, 1.165) is 4.47 Å². The van der Waals surface area contributed by atoms with Crippen LogP contribution in [0.4, 0.5) is 0 Å². The van der Waals surface area contributed by atoms with Crippen LogP contribution in [0.1, 0.15) is 18.1 Å². The second-order valence-electron chi connectivity index (χ2n) is 2.55. The van der Waals surface area contributed by atoms with Crippen molar-refractivity contribution in [3.8, 4) is 6.07 Å². The van der Waals surface area contributed by atoms with Crippen LogP contribution >= 0.6 is 27.5 Å². The average Bonchev–Trinajstić information content (AvgIpc) is 2.10. The smallest absolute Gasteiger partial charge is 0.0920 e. The van der Waals surface area contributed by atoms with Gasteiger partial charge in [0.05, 0.1) is 23.6 Å². The molecule has 0 aromatic heterocycles. The summed E-state index contributed by atoms with van der Waals surface area (Å²) in [7, 11) is 0. The maximum Gasteiger partial charge on any atom is 0.0920 e. The Morgan fingerprint density at radius 1 is 1.62 bits per heavy atom. The van der Waals surface area contributed by atoms with Gasteiger partial charge in [-0.2, -0.15) is 5.26 Å². The first-order chi connectivity index (χ1) is 6.15. The highest BCUT2D eigenvalue weighted by atomic mass is 79.9. The fourth-order valence-electron chi connectivity index (χ4n) is 0.924. The van der Waals surface area contributed by atoms with Crippen LogP contribution in [0.2, 0.25) is 5.02 Å². The zero-order valence-electron chi connectivity index (χ0n) is 6.67. The third-order valence-corrected chi connectivity index (χ3v) is 2.83. The molecular weight excluding hydrogens is 253 g/mol. The monoisotopic (exact) mass is 259 g/mol. The van der Waals surface area contributed by atoms with E-state index in [4.69, 9.17) is 16.9 Å². The Kier molecular flexibility index (Phi) is 3.73. The Bertz CT molecular complexity index is 348. The van der Waals surface area contributed by atoms with Gasteiger partial charge >= 0.3 is 0 Å². The average molecular weight is 261 g/mol. The number of nitrogens with zero attached hydrogens (tertiary/aromatic N) is 1. The number of nitriles is 1. The molecule has 0 fully saturated rings. The Hall–Kier alpha value is -0.560. The van der Waals surface area contributed by atoms with Crippen LogP contribution in [0, 0.1) is 11.3 Å². The number of benzene rings is 1. The van der Waals surface area contributed by atoms with Crippen LogP contribution in [0.15, 0.2) is 22.7 Å². The molecule has 0 aliphatic heterocycles. The molecule has 1 aromatic rings. The number of aliphatic hydroxyl groups is 1. The number of hydrogen-bond acceptors (Lipinski definition) is 2. The van der Waals surface area contributed by atoms with Crippen LogP contribution in [0.25, 0.3) is 0 Å². The van der Waals surface area contributed by atoms with Crippen molar-refractivity contribution in [1.29, 1.82) is 5.26 Å². The first-order valence-corrected chi connectivity index (χ1v) is 4.82. The minimum Gasteiger partial charge on any atom is -0.387 e. The zero-order valence-corrected chi connectivity index (χ0v) is 9.01. The van der Waals surface area contributed by atoms with Crippen molar-refractivity contribution in [2.75, 3.05) is 0 Å². The van der Waals surface area contributed by atoms with E-state index in [1.54, 1.807) is 18.2 Å². The summed E-state index contributed by atoms with van der Waals surface area (Å²) >= 11 is 9.01. The summed E-state index contributed by atoms with van der Waals surface area (Å²) in [6.07, 6.45) is -0.646. The van der Waals surface area contributed by atoms with E-state index in [-0.39, 0.29) is 6.42 Å². The Labute approximate surface area is 89.9 Å². The SMILES string of the molecule is N#CCC(O)c1ccc(Cl)c(Br)c1. The van der Waals surface area contributed by atoms with E-state index in [1.807, 2.05) is 6.07 Å². The van der Waals surface area contributed by atoms with Gasteiger partial charge in [-0.3, -0.25) is 0 Å². The van der Waals surface area contributed by atoms with Crippen molar-refractivity contribution in [2.45, 2.75) is 12.5 Å². The molecule has 68 valence electrons. The number of aliphatic hydroxyl groups excluding tert-OH is 1. The molecule has 1 rings (SSSR count). The standard InChI is InChI=1S/C9H7BrClNO/c10-7-5-6(1-2-8(7)11)9(13)3-4-12/h1-2,5,9,13H,3H2. The molecule has 13 heavy (non-hydrogen) atoms. The lowest BCUT2D eigenvalue weighted by molar-refractivity contribution is 0.183. The highest BCUT2D eigenvalue weighted by molar-refractivity contribution is 9.10. The van der Waals surface area contributed by atoms with Crippen molar-refractivity contribution >= 4 is 27.5 Å². The first-order valence-electron chi connectivity index (χ1n) is 3.65. The molecule has 1 atom stereocenters. The van der Waals surface area contributed by atoms with Gasteiger partial charge in [-0.05, 0) is 33.6 Å². The molecule has 0 spiro atoms. The topological polar surface area (TPSA) is 44.0 Å². The molecule has 0 heterocycles. The quantitative estimate of drug-likeness (QED) is 0.888. The number of rotatable bonds is 2. The van der Waals surface area contributed by atoms with Crippen molar-refractivity contribution in [2.24, 2.45) is 0 Å². The second kappa shape index (κ2) is 4.61. The van der Waals surface area contributed by atoms with E-state index in [1.165, 1.54) is 0 Å². The highest BCUT2D eigenvalue weighted by Gasteiger charge is 2.08. The molecule has 1 aromatic carbocycles. The van der Waals surface area contributed by atoms with Gasteiger partial charge in [-0.15, -0.1) is 0 Å². The van der Waals surface area contributed by atoms with Gasteiger partial charge in [0.2, 0.25) is 0 Å². The third-order valence-electron chi connectivity index (χ3n) is 1.61. The van der Waals surface area contributed by atoms with Crippen LogP contribution < -0.4 is 0 Å². The van der Waals surface area contributed by atoms with Gasteiger partial charge in [0.25, 0.3) is 0 Å². The van der Waals surface area contributed by atoms with E-state index >= 15 is 0 Å². The summed E-state index contributed by atoms with van der Waals surface area (Å²) < 4.78 is 0.726. The van der Waals surface area contributed by atoms with Crippen LogP contribution in [-0.4, -0.2) is 5.11 Å². The normalized spacial score (nSPS) is 12.2. The van der Waals surface area contributed by atoms with Crippen molar-refractivity contribution in [3.05, 3.63) is 33.3 Å². The molecule has 4 heteroatoms. The van der Waals surface area contributed by atoms with E-state index in [2.05, 4.69) is 15.9 Å². The predicted molar refractivity (Wildman–Crippen MR) is 54.3 cm³/mol. The molecule has 0 saturated heterocycles. The molecule has 2 nitrogen and oxygen atoms in total.